The van der Waals surface area contributed by atoms with E-state index in [2.05, 4.69) is 14.8 Å². The van der Waals surface area contributed by atoms with Crippen LogP contribution in [-0.4, -0.2) is 53.8 Å². The van der Waals surface area contributed by atoms with E-state index >= 15 is 0 Å². The zero-order valence-electron chi connectivity index (χ0n) is 12.8. The fraction of sp³-hybridized carbons (Fsp3) is 0.615. The van der Waals surface area contributed by atoms with Crippen molar-refractivity contribution in [2.45, 2.75) is 24.8 Å². The second-order valence-corrected chi connectivity index (χ2v) is 6.66. The number of furan rings is 1. The van der Waals surface area contributed by atoms with E-state index in [9.17, 15) is 13.2 Å². The van der Waals surface area contributed by atoms with Crippen LogP contribution >= 0.6 is 0 Å². The first-order chi connectivity index (χ1) is 10.4. The summed E-state index contributed by atoms with van der Waals surface area (Å²) in [7, 11) is -2.72. The zero-order chi connectivity index (χ0) is 16.3. The van der Waals surface area contributed by atoms with Crippen molar-refractivity contribution >= 4 is 16.0 Å². The Hall–Kier alpha value is -1.42. The molecule has 1 atom stereocenters. The van der Waals surface area contributed by atoms with E-state index in [-0.39, 0.29) is 34.6 Å². The number of aryl methyl sites for hydroxylation is 2. The molecule has 1 aromatic heterocycles. The monoisotopic (exact) mass is 332 g/mol. The van der Waals surface area contributed by atoms with Crippen LogP contribution in [0.4, 0.5) is 0 Å². The van der Waals surface area contributed by atoms with Crippen molar-refractivity contribution in [1.29, 1.82) is 0 Å². The van der Waals surface area contributed by atoms with Crippen molar-refractivity contribution in [3.05, 3.63) is 17.1 Å². The van der Waals surface area contributed by atoms with E-state index in [1.165, 1.54) is 21.0 Å². The number of rotatable bonds is 5. The van der Waals surface area contributed by atoms with Crippen LogP contribution in [0.3, 0.4) is 0 Å². The minimum absolute atomic E-state index is 0.0739. The SMILES string of the molecule is COC(=O)c1c(C)oc(C)c1S(=O)(=O)NCC1CNCCO1. The molecule has 0 amide bonds. The fourth-order valence-electron chi connectivity index (χ4n) is 2.35. The average Bonchev–Trinajstić information content (AvgIpc) is 2.81. The van der Waals surface area contributed by atoms with Crippen LogP contribution in [0.15, 0.2) is 9.31 Å². The molecule has 0 radical (unpaired) electrons. The smallest absolute Gasteiger partial charge is 0.342 e. The Morgan fingerprint density at radius 3 is 2.73 bits per heavy atom. The second-order valence-electron chi connectivity index (χ2n) is 4.96. The van der Waals surface area contributed by atoms with Crippen LogP contribution in [-0.2, 0) is 19.5 Å². The number of carbonyl (C=O) groups excluding carboxylic acids is 1. The van der Waals surface area contributed by atoms with E-state index < -0.39 is 16.0 Å². The Labute approximate surface area is 129 Å². The number of sulfonamides is 1. The Morgan fingerprint density at radius 1 is 1.41 bits per heavy atom. The molecule has 22 heavy (non-hydrogen) atoms. The van der Waals surface area contributed by atoms with Gasteiger partial charge in [-0.05, 0) is 13.8 Å². The number of methoxy groups -OCH3 is 1. The highest BCUT2D eigenvalue weighted by molar-refractivity contribution is 7.89. The van der Waals surface area contributed by atoms with Gasteiger partial charge in [-0.15, -0.1) is 0 Å². The van der Waals surface area contributed by atoms with Gasteiger partial charge in [0.2, 0.25) is 10.0 Å². The molecule has 8 nitrogen and oxygen atoms in total. The van der Waals surface area contributed by atoms with Crippen molar-refractivity contribution in [2.24, 2.45) is 0 Å². The fourth-order valence-corrected chi connectivity index (χ4v) is 3.82. The number of esters is 1. The van der Waals surface area contributed by atoms with Crippen LogP contribution in [0.5, 0.6) is 0 Å². The Balaban J connectivity index is 2.23. The summed E-state index contributed by atoms with van der Waals surface area (Å²) < 4.78 is 42.8. The number of nitrogens with one attached hydrogen (secondary N) is 2. The van der Waals surface area contributed by atoms with Crippen molar-refractivity contribution < 1.29 is 27.1 Å². The standard InChI is InChI=1S/C13H20N2O6S/c1-8-11(13(16)19-3)12(9(2)21-8)22(17,18)15-7-10-6-14-4-5-20-10/h10,14-15H,4-7H2,1-3H3. The Kier molecular flexibility index (Phi) is 5.22. The van der Waals surface area contributed by atoms with E-state index in [1.54, 1.807) is 0 Å². The predicted octanol–water partition coefficient (Wildman–Crippen LogP) is -0.0503. The first-order valence-corrected chi connectivity index (χ1v) is 8.35. The van der Waals surface area contributed by atoms with E-state index in [1.807, 2.05) is 0 Å². The van der Waals surface area contributed by atoms with Gasteiger partial charge < -0.3 is 19.2 Å². The number of hydrogen-bond donors (Lipinski definition) is 2. The number of morpholine rings is 1. The Bertz CT molecular complexity index is 646. The van der Waals surface area contributed by atoms with Gasteiger partial charge in [0.15, 0.2) is 0 Å². The molecule has 0 aliphatic carbocycles. The number of ether oxygens (including phenoxy) is 2. The van der Waals surface area contributed by atoms with Gasteiger partial charge in [-0.2, -0.15) is 0 Å². The summed E-state index contributed by atoms with van der Waals surface area (Å²) in [5.41, 5.74) is -0.0739. The summed E-state index contributed by atoms with van der Waals surface area (Å²) in [4.78, 5) is 11.6. The van der Waals surface area contributed by atoms with Crippen LogP contribution in [0.2, 0.25) is 0 Å². The van der Waals surface area contributed by atoms with Crippen LogP contribution < -0.4 is 10.0 Å². The molecule has 0 saturated carbocycles. The molecule has 1 aromatic rings. The minimum Gasteiger partial charge on any atom is -0.465 e. The molecule has 0 aromatic carbocycles. The second kappa shape index (κ2) is 6.78. The van der Waals surface area contributed by atoms with Gasteiger partial charge >= 0.3 is 5.97 Å². The highest BCUT2D eigenvalue weighted by atomic mass is 32.2. The number of hydrogen-bond acceptors (Lipinski definition) is 7. The van der Waals surface area contributed by atoms with Gasteiger partial charge in [0.1, 0.15) is 22.0 Å². The molecule has 1 saturated heterocycles. The normalized spacial score (nSPS) is 19.1. The summed E-state index contributed by atoms with van der Waals surface area (Å²) in [6, 6.07) is 0. The molecule has 1 unspecified atom stereocenters. The molecular formula is C13H20N2O6S. The molecular weight excluding hydrogens is 312 g/mol. The molecule has 1 aliphatic rings. The topological polar surface area (TPSA) is 107 Å². The Morgan fingerprint density at radius 2 is 2.14 bits per heavy atom. The molecule has 2 rings (SSSR count). The molecule has 9 heteroatoms. The van der Waals surface area contributed by atoms with E-state index in [0.29, 0.717) is 13.2 Å². The highest BCUT2D eigenvalue weighted by Gasteiger charge is 2.32. The molecule has 0 spiro atoms. The van der Waals surface area contributed by atoms with Gasteiger partial charge in [0, 0.05) is 19.6 Å². The maximum Gasteiger partial charge on any atom is 0.342 e. The lowest BCUT2D eigenvalue weighted by Gasteiger charge is -2.23. The quantitative estimate of drug-likeness (QED) is 0.728. The molecule has 1 fully saturated rings. The summed E-state index contributed by atoms with van der Waals surface area (Å²) in [5.74, 6) is -0.390. The van der Waals surface area contributed by atoms with Gasteiger partial charge in [-0.3, -0.25) is 0 Å². The van der Waals surface area contributed by atoms with Crippen molar-refractivity contribution in [3.63, 3.8) is 0 Å². The summed E-state index contributed by atoms with van der Waals surface area (Å²) in [6.45, 7) is 4.97. The molecule has 124 valence electrons. The van der Waals surface area contributed by atoms with Crippen molar-refractivity contribution in [3.8, 4) is 0 Å². The third-order valence-electron chi connectivity index (χ3n) is 3.37. The van der Waals surface area contributed by atoms with E-state index in [0.717, 1.165) is 6.54 Å². The molecule has 1 aliphatic heterocycles. The third kappa shape index (κ3) is 3.49. The summed E-state index contributed by atoms with van der Waals surface area (Å²) >= 11 is 0. The minimum atomic E-state index is -3.91. The number of carbonyl (C=O) groups is 1. The van der Waals surface area contributed by atoms with Crippen LogP contribution in [0.1, 0.15) is 21.9 Å². The average molecular weight is 332 g/mol. The zero-order valence-corrected chi connectivity index (χ0v) is 13.6. The van der Waals surface area contributed by atoms with Crippen molar-refractivity contribution in [1.82, 2.24) is 10.0 Å². The lowest BCUT2D eigenvalue weighted by molar-refractivity contribution is 0.0324. The lowest BCUT2D eigenvalue weighted by atomic mass is 10.2. The first-order valence-electron chi connectivity index (χ1n) is 6.87. The van der Waals surface area contributed by atoms with Gasteiger partial charge in [-0.1, -0.05) is 0 Å². The third-order valence-corrected chi connectivity index (χ3v) is 4.94. The van der Waals surface area contributed by atoms with Gasteiger partial charge in [0.05, 0.1) is 19.8 Å². The van der Waals surface area contributed by atoms with Gasteiger partial charge in [0.25, 0.3) is 0 Å². The lowest BCUT2D eigenvalue weighted by Crippen LogP contribution is -2.45. The predicted molar refractivity (Wildman–Crippen MR) is 77.3 cm³/mol. The van der Waals surface area contributed by atoms with E-state index in [4.69, 9.17) is 9.15 Å². The largest absolute Gasteiger partial charge is 0.465 e. The van der Waals surface area contributed by atoms with Crippen molar-refractivity contribution in [2.75, 3.05) is 33.4 Å². The first kappa shape index (κ1) is 16.9. The summed E-state index contributed by atoms with van der Waals surface area (Å²) in [6.07, 6.45) is -0.251. The van der Waals surface area contributed by atoms with Crippen LogP contribution in [0, 0.1) is 13.8 Å². The molecule has 2 N–H and O–H groups in total. The summed E-state index contributed by atoms with van der Waals surface area (Å²) in [5, 5.41) is 3.11. The van der Waals surface area contributed by atoms with Gasteiger partial charge in [-0.25, -0.2) is 17.9 Å². The molecule has 0 bridgehead atoms. The maximum atomic E-state index is 12.5. The highest BCUT2D eigenvalue weighted by Crippen LogP contribution is 2.27. The maximum absolute atomic E-state index is 12.5. The molecule has 2 heterocycles. The van der Waals surface area contributed by atoms with Crippen LogP contribution in [0.25, 0.3) is 0 Å².